The van der Waals surface area contributed by atoms with E-state index >= 15 is 0 Å². The lowest BCUT2D eigenvalue weighted by molar-refractivity contribution is -0.144. The number of fused-ring (bicyclic) bond motifs is 3. The topological polar surface area (TPSA) is 55.8 Å². The minimum atomic E-state index is -1.01. The second kappa shape index (κ2) is 4.32. The van der Waals surface area contributed by atoms with Crippen LogP contribution in [0.15, 0.2) is 12.1 Å². The predicted octanol–water partition coefficient (Wildman–Crippen LogP) is 2.24. The van der Waals surface area contributed by atoms with Gasteiger partial charge in [-0.1, -0.05) is 19.9 Å². The molecule has 0 aliphatic carbocycles. The maximum Gasteiger partial charge on any atom is 0.207 e. The molecule has 2 aliphatic rings. The van der Waals surface area contributed by atoms with Gasteiger partial charge in [0.05, 0.1) is 17.2 Å². The van der Waals surface area contributed by atoms with Crippen LogP contribution in [0.4, 0.5) is 0 Å². The highest BCUT2D eigenvalue weighted by Crippen LogP contribution is 2.42. The lowest BCUT2D eigenvalue weighted by Gasteiger charge is -2.28. The number of aliphatic hydroxyl groups excluding tert-OH is 1. The molecule has 0 spiro atoms. The van der Waals surface area contributed by atoms with Crippen molar-refractivity contribution in [3.05, 3.63) is 28.8 Å². The second-order valence-electron chi connectivity index (χ2n) is 5.66. The Bertz CT molecular complexity index is 535. The minimum Gasteiger partial charge on any atom is -0.481 e. The Kier molecular flexibility index (Phi) is 2.87. The number of hydrogen-bond donors (Lipinski definition) is 1. The molecular formula is C15H18O4. The molecule has 0 fully saturated rings. The predicted molar refractivity (Wildman–Crippen MR) is 69.2 cm³/mol. The van der Waals surface area contributed by atoms with Gasteiger partial charge in [0.2, 0.25) is 5.78 Å². The van der Waals surface area contributed by atoms with E-state index in [1.165, 1.54) is 0 Å². The largest absolute Gasteiger partial charge is 0.481 e. The van der Waals surface area contributed by atoms with Crippen molar-refractivity contribution in [2.24, 2.45) is 5.92 Å². The molecule has 1 N–H and O–H groups in total. The van der Waals surface area contributed by atoms with Gasteiger partial charge in [-0.25, -0.2) is 0 Å². The summed E-state index contributed by atoms with van der Waals surface area (Å²) in [6.45, 7) is 5.83. The number of carbonyl (C=O) groups is 1. The molecule has 2 heterocycles. The van der Waals surface area contributed by atoms with Gasteiger partial charge in [0, 0.05) is 0 Å². The minimum absolute atomic E-state index is 0.00128. The third kappa shape index (κ3) is 1.86. The van der Waals surface area contributed by atoms with Crippen molar-refractivity contribution in [1.82, 2.24) is 0 Å². The second-order valence-corrected chi connectivity index (χ2v) is 5.66. The van der Waals surface area contributed by atoms with Crippen LogP contribution in [0.3, 0.4) is 0 Å². The van der Waals surface area contributed by atoms with Gasteiger partial charge in [-0.2, -0.15) is 0 Å². The summed E-state index contributed by atoms with van der Waals surface area (Å²) in [5.74, 6) is 0.621. The van der Waals surface area contributed by atoms with Gasteiger partial charge in [-0.15, -0.1) is 0 Å². The molecule has 0 bridgehead atoms. The first-order valence-electron chi connectivity index (χ1n) is 6.69. The fourth-order valence-electron chi connectivity index (χ4n) is 2.83. The summed E-state index contributed by atoms with van der Waals surface area (Å²) >= 11 is 0. The first-order chi connectivity index (χ1) is 8.99. The van der Waals surface area contributed by atoms with E-state index in [1.54, 1.807) is 0 Å². The smallest absolute Gasteiger partial charge is 0.207 e. The number of ketones is 1. The van der Waals surface area contributed by atoms with Gasteiger partial charge in [-0.3, -0.25) is 4.79 Å². The zero-order valence-corrected chi connectivity index (χ0v) is 11.3. The van der Waals surface area contributed by atoms with Crippen LogP contribution in [0.1, 0.15) is 48.5 Å². The standard InChI is InChI=1S/C15H18O4/c1-7(2)13-12(16)10-5-4-9-6-8(3)18-15(17)11(9)14(10)19-13/h4-5,7-8,13,15,17H,6H2,1-3H3/t8-,13?,15+/m0/s1. The summed E-state index contributed by atoms with van der Waals surface area (Å²) in [5.41, 5.74) is 2.20. The van der Waals surface area contributed by atoms with Crippen LogP contribution < -0.4 is 4.74 Å². The molecule has 1 unspecified atom stereocenters. The summed E-state index contributed by atoms with van der Waals surface area (Å²) < 4.78 is 11.2. The van der Waals surface area contributed by atoms with Crippen LogP contribution in [-0.4, -0.2) is 23.1 Å². The van der Waals surface area contributed by atoms with Crippen molar-refractivity contribution < 1.29 is 19.4 Å². The van der Waals surface area contributed by atoms with E-state index in [9.17, 15) is 9.90 Å². The van der Waals surface area contributed by atoms with E-state index in [4.69, 9.17) is 9.47 Å². The van der Waals surface area contributed by atoms with E-state index in [1.807, 2.05) is 32.9 Å². The third-order valence-electron chi connectivity index (χ3n) is 3.78. The number of ether oxygens (including phenoxy) is 2. The number of benzene rings is 1. The summed E-state index contributed by atoms with van der Waals surface area (Å²) in [4.78, 5) is 12.2. The molecular weight excluding hydrogens is 244 g/mol. The van der Waals surface area contributed by atoms with Crippen molar-refractivity contribution in [2.45, 2.75) is 45.7 Å². The molecule has 4 heteroatoms. The molecule has 0 radical (unpaired) electrons. The number of hydrogen-bond acceptors (Lipinski definition) is 4. The van der Waals surface area contributed by atoms with Crippen molar-refractivity contribution >= 4 is 5.78 Å². The Labute approximate surface area is 112 Å². The summed E-state index contributed by atoms with van der Waals surface area (Å²) in [6.07, 6.45) is -0.761. The van der Waals surface area contributed by atoms with E-state index in [0.29, 0.717) is 16.9 Å². The molecule has 0 amide bonds. The SMILES string of the molecule is CC(C)C1Oc2c(ccc3c2[C@H](O)O[C@@H](C)C3)C1=O. The van der Waals surface area contributed by atoms with Crippen LogP contribution >= 0.6 is 0 Å². The van der Waals surface area contributed by atoms with Crippen LogP contribution in [0, 0.1) is 5.92 Å². The molecule has 3 rings (SSSR count). The molecule has 19 heavy (non-hydrogen) atoms. The van der Waals surface area contributed by atoms with Gasteiger partial charge >= 0.3 is 0 Å². The van der Waals surface area contributed by atoms with Crippen molar-refractivity contribution in [3.63, 3.8) is 0 Å². The Morgan fingerprint density at radius 3 is 2.79 bits per heavy atom. The van der Waals surface area contributed by atoms with E-state index in [2.05, 4.69) is 0 Å². The van der Waals surface area contributed by atoms with Gasteiger partial charge in [0.1, 0.15) is 5.75 Å². The third-order valence-corrected chi connectivity index (χ3v) is 3.78. The highest BCUT2D eigenvalue weighted by molar-refractivity contribution is 6.05. The first-order valence-corrected chi connectivity index (χ1v) is 6.69. The number of aliphatic hydroxyl groups is 1. The van der Waals surface area contributed by atoms with Crippen molar-refractivity contribution in [3.8, 4) is 5.75 Å². The maximum atomic E-state index is 12.2. The Hall–Kier alpha value is -1.39. The van der Waals surface area contributed by atoms with E-state index in [0.717, 1.165) is 12.0 Å². The molecule has 3 atom stereocenters. The van der Waals surface area contributed by atoms with Crippen molar-refractivity contribution in [1.29, 1.82) is 0 Å². The van der Waals surface area contributed by atoms with E-state index < -0.39 is 12.4 Å². The highest BCUT2D eigenvalue weighted by Gasteiger charge is 2.39. The molecule has 1 aromatic carbocycles. The average Bonchev–Trinajstić information content (AvgIpc) is 2.66. The van der Waals surface area contributed by atoms with Gasteiger partial charge in [-0.05, 0) is 30.9 Å². The van der Waals surface area contributed by atoms with Gasteiger partial charge < -0.3 is 14.6 Å². The highest BCUT2D eigenvalue weighted by atomic mass is 16.6. The molecule has 0 saturated heterocycles. The molecule has 2 aliphatic heterocycles. The lowest BCUT2D eigenvalue weighted by atomic mass is 9.93. The lowest BCUT2D eigenvalue weighted by Crippen LogP contribution is -2.27. The van der Waals surface area contributed by atoms with Crippen LogP contribution in [0.2, 0.25) is 0 Å². The van der Waals surface area contributed by atoms with Gasteiger partial charge in [0.25, 0.3) is 0 Å². The normalized spacial score (nSPS) is 29.1. The number of Topliss-reactive ketones (excluding diaryl/α,β-unsaturated/α-hetero) is 1. The number of rotatable bonds is 1. The number of carbonyl (C=O) groups excluding carboxylic acids is 1. The van der Waals surface area contributed by atoms with Crippen LogP contribution in [0.25, 0.3) is 0 Å². The van der Waals surface area contributed by atoms with Crippen molar-refractivity contribution in [2.75, 3.05) is 0 Å². The quantitative estimate of drug-likeness (QED) is 0.843. The average molecular weight is 262 g/mol. The summed E-state index contributed by atoms with van der Waals surface area (Å²) in [7, 11) is 0. The molecule has 1 aromatic rings. The first kappa shape index (κ1) is 12.6. The maximum absolute atomic E-state index is 12.2. The van der Waals surface area contributed by atoms with Gasteiger partial charge in [0.15, 0.2) is 12.4 Å². The fraction of sp³-hybridized carbons (Fsp3) is 0.533. The molecule has 0 aromatic heterocycles. The molecule has 0 saturated carbocycles. The van der Waals surface area contributed by atoms with Crippen LogP contribution in [-0.2, 0) is 11.2 Å². The zero-order chi connectivity index (χ0) is 13.7. The molecule has 102 valence electrons. The zero-order valence-electron chi connectivity index (χ0n) is 11.3. The van der Waals surface area contributed by atoms with E-state index in [-0.39, 0.29) is 17.8 Å². The summed E-state index contributed by atoms with van der Waals surface area (Å²) in [6, 6.07) is 3.71. The summed E-state index contributed by atoms with van der Waals surface area (Å²) in [5, 5.41) is 10.1. The fourth-order valence-corrected chi connectivity index (χ4v) is 2.83. The monoisotopic (exact) mass is 262 g/mol. The Balaban J connectivity index is 2.09. The Morgan fingerprint density at radius 2 is 2.11 bits per heavy atom. The Morgan fingerprint density at radius 1 is 1.37 bits per heavy atom. The molecule has 4 nitrogen and oxygen atoms in total. The van der Waals surface area contributed by atoms with Crippen LogP contribution in [0.5, 0.6) is 5.75 Å².